The Hall–Kier alpha value is -2.36. The summed E-state index contributed by atoms with van der Waals surface area (Å²) >= 11 is 0. The fourth-order valence-electron chi connectivity index (χ4n) is 2.99. The number of likely N-dealkylation sites (tertiary alicyclic amines) is 1. The Labute approximate surface area is 159 Å². The Morgan fingerprint density at radius 2 is 1.63 bits per heavy atom. The minimum atomic E-state index is -0.683. The summed E-state index contributed by atoms with van der Waals surface area (Å²) in [6, 6.07) is 16.0. The highest BCUT2D eigenvalue weighted by Gasteiger charge is 2.29. The molecule has 5 heteroatoms. The molecule has 3 N–H and O–H groups in total. The molecule has 0 unspecified atom stereocenters. The van der Waals surface area contributed by atoms with Crippen molar-refractivity contribution in [2.75, 3.05) is 32.8 Å². The van der Waals surface area contributed by atoms with Crippen molar-refractivity contribution in [2.24, 2.45) is 0 Å². The van der Waals surface area contributed by atoms with Crippen LogP contribution >= 0.6 is 0 Å². The molecule has 0 spiro atoms. The van der Waals surface area contributed by atoms with E-state index < -0.39 is 6.10 Å². The Morgan fingerprint density at radius 1 is 1.00 bits per heavy atom. The number of hydrogen-bond donors (Lipinski definition) is 3. The monoisotopic (exact) mass is 367 g/mol. The molecule has 0 radical (unpaired) electrons. The average molecular weight is 367 g/mol. The second-order valence-corrected chi connectivity index (χ2v) is 6.67. The number of β-amino-alcohol motifs (C(OH)–C–C–N with tert-alkyl or cyclic N) is 1. The molecule has 2 aromatic carbocycles. The first-order valence-electron chi connectivity index (χ1n) is 9.16. The third-order valence-electron chi connectivity index (χ3n) is 4.45. The third-order valence-corrected chi connectivity index (χ3v) is 4.45. The molecule has 1 aliphatic heterocycles. The average Bonchev–Trinajstić information content (AvgIpc) is 2.67. The molecule has 142 valence electrons. The van der Waals surface area contributed by atoms with E-state index in [2.05, 4.69) is 16.7 Å². The summed E-state index contributed by atoms with van der Waals surface area (Å²) < 4.78 is 5.94. The molecule has 0 amide bonds. The zero-order valence-corrected chi connectivity index (χ0v) is 15.2. The molecule has 0 bridgehead atoms. The molecular weight excluding hydrogens is 342 g/mol. The first kappa shape index (κ1) is 19.4. The number of benzene rings is 2. The van der Waals surface area contributed by atoms with Gasteiger partial charge in [0.05, 0.1) is 19.3 Å². The molecule has 0 saturated carbocycles. The van der Waals surface area contributed by atoms with Crippen LogP contribution in [0.2, 0.25) is 0 Å². The number of nitrogens with zero attached hydrogens (tertiary/aromatic N) is 1. The van der Waals surface area contributed by atoms with Crippen LogP contribution in [0.1, 0.15) is 12.0 Å². The van der Waals surface area contributed by atoms with Gasteiger partial charge in [-0.05, 0) is 35.4 Å². The van der Waals surface area contributed by atoms with Crippen LogP contribution in [0.5, 0.6) is 5.75 Å². The summed E-state index contributed by atoms with van der Waals surface area (Å²) in [6.45, 7) is 1.88. The van der Waals surface area contributed by atoms with E-state index in [1.54, 1.807) is 0 Å². The summed E-state index contributed by atoms with van der Waals surface area (Å²) in [7, 11) is 0. The molecule has 1 fully saturated rings. The molecular formula is C22H25NO4. The molecule has 3 rings (SSSR count). The second-order valence-electron chi connectivity index (χ2n) is 6.67. The van der Waals surface area contributed by atoms with Gasteiger partial charge in [-0.2, -0.15) is 0 Å². The molecule has 1 saturated heterocycles. The van der Waals surface area contributed by atoms with Crippen molar-refractivity contribution in [1.82, 2.24) is 4.90 Å². The maximum atomic E-state index is 9.43. The van der Waals surface area contributed by atoms with Crippen molar-refractivity contribution in [2.45, 2.75) is 18.6 Å². The summed E-state index contributed by atoms with van der Waals surface area (Å²) in [5.41, 5.74) is 3.16. The van der Waals surface area contributed by atoms with Gasteiger partial charge < -0.3 is 20.1 Å². The molecule has 1 aliphatic rings. The first-order valence-corrected chi connectivity index (χ1v) is 9.16. The van der Waals surface area contributed by atoms with Crippen LogP contribution in [0.4, 0.5) is 0 Å². The second kappa shape index (κ2) is 9.54. The molecule has 0 aromatic heterocycles. The van der Waals surface area contributed by atoms with Crippen molar-refractivity contribution in [1.29, 1.82) is 0 Å². The Morgan fingerprint density at radius 3 is 2.22 bits per heavy atom. The summed E-state index contributed by atoms with van der Waals surface area (Å²) in [5, 5.41) is 27.1. The van der Waals surface area contributed by atoms with E-state index in [9.17, 15) is 5.11 Å². The summed E-state index contributed by atoms with van der Waals surface area (Å²) in [6.07, 6.45) is -0.0694. The van der Waals surface area contributed by atoms with E-state index in [4.69, 9.17) is 14.9 Å². The number of ether oxygens (including phenoxy) is 1. The zero-order chi connectivity index (χ0) is 19.1. The van der Waals surface area contributed by atoms with Gasteiger partial charge in [0.25, 0.3) is 0 Å². The smallest absolute Gasteiger partial charge is 0.124 e. The van der Waals surface area contributed by atoms with E-state index >= 15 is 0 Å². The highest BCUT2D eigenvalue weighted by atomic mass is 16.5. The Kier molecular flexibility index (Phi) is 6.86. The van der Waals surface area contributed by atoms with Crippen molar-refractivity contribution >= 4 is 0 Å². The quantitative estimate of drug-likeness (QED) is 0.647. The molecule has 27 heavy (non-hydrogen) atoms. The molecule has 1 heterocycles. The predicted octanol–water partition coefficient (Wildman–Crippen LogP) is 1.50. The fraction of sp³-hybridized carbons (Fsp3) is 0.364. The Bertz CT molecular complexity index is 771. The van der Waals surface area contributed by atoms with Gasteiger partial charge in [-0.25, -0.2) is 0 Å². The van der Waals surface area contributed by atoms with Crippen molar-refractivity contribution in [3.63, 3.8) is 0 Å². The first-order chi connectivity index (χ1) is 13.2. The number of hydrogen-bond acceptors (Lipinski definition) is 5. The van der Waals surface area contributed by atoms with E-state index in [-0.39, 0.29) is 19.3 Å². The molecule has 0 aliphatic carbocycles. The van der Waals surface area contributed by atoms with E-state index in [0.717, 1.165) is 35.5 Å². The van der Waals surface area contributed by atoms with Gasteiger partial charge in [0, 0.05) is 31.6 Å². The standard InChI is InChI=1S/C22H25NO4/c24-12-2-1-3-17-4-6-18(7-5-17)19-8-10-21(11-9-19)27-22-14-23(15-22)13-20(26)16-25/h4-11,20,22,24-26H,2,12-16H2/t20-/m1/s1. The van der Waals surface area contributed by atoms with Crippen LogP contribution in [-0.2, 0) is 0 Å². The van der Waals surface area contributed by atoms with Gasteiger partial charge in [0.1, 0.15) is 11.9 Å². The van der Waals surface area contributed by atoms with Crippen molar-refractivity contribution < 1.29 is 20.1 Å². The maximum Gasteiger partial charge on any atom is 0.124 e. The van der Waals surface area contributed by atoms with Gasteiger partial charge in [-0.1, -0.05) is 36.1 Å². The van der Waals surface area contributed by atoms with Gasteiger partial charge >= 0.3 is 0 Å². The highest BCUT2D eigenvalue weighted by Crippen LogP contribution is 2.24. The van der Waals surface area contributed by atoms with E-state index in [1.165, 1.54) is 0 Å². The maximum absolute atomic E-state index is 9.43. The SMILES string of the molecule is OCCC#Cc1ccc(-c2ccc(OC3CN(C[C@@H](O)CO)C3)cc2)cc1. The van der Waals surface area contributed by atoms with Gasteiger partial charge in [0.15, 0.2) is 0 Å². The molecule has 1 atom stereocenters. The van der Waals surface area contributed by atoms with Crippen LogP contribution in [-0.4, -0.2) is 65.3 Å². The lowest BCUT2D eigenvalue weighted by atomic mass is 10.0. The van der Waals surface area contributed by atoms with Crippen LogP contribution in [0, 0.1) is 11.8 Å². The Balaban J connectivity index is 1.51. The predicted molar refractivity (Wildman–Crippen MR) is 104 cm³/mol. The van der Waals surface area contributed by atoms with Crippen molar-refractivity contribution in [3.8, 4) is 28.7 Å². The molecule has 2 aromatic rings. The lowest BCUT2D eigenvalue weighted by molar-refractivity contribution is -0.0201. The summed E-state index contributed by atoms with van der Waals surface area (Å²) in [5.74, 6) is 6.77. The lowest BCUT2D eigenvalue weighted by Gasteiger charge is -2.39. The highest BCUT2D eigenvalue weighted by molar-refractivity contribution is 5.65. The van der Waals surface area contributed by atoms with Gasteiger partial charge in [-0.3, -0.25) is 4.90 Å². The largest absolute Gasteiger partial charge is 0.488 e. The zero-order valence-electron chi connectivity index (χ0n) is 15.2. The van der Waals surface area contributed by atoms with Gasteiger partial charge in [0.2, 0.25) is 0 Å². The number of aliphatic hydroxyl groups excluding tert-OH is 3. The fourth-order valence-corrected chi connectivity index (χ4v) is 2.99. The van der Waals surface area contributed by atoms with E-state index in [1.807, 2.05) is 48.5 Å². The van der Waals surface area contributed by atoms with Crippen LogP contribution in [0.15, 0.2) is 48.5 Å². The molecule has 5 nitrogen and oxygen atoms in total. The van der Waals surface area contributed by atoms with Gasteiger partial charge in [-0.15, -0.1) is 0 Å². The van der Waals surface area contributed by atoms with Crippen LogP contribution in [0.25, 0.3) is 11.1 Å². The van der Waals surface area contributed by atoms with E-state index in [0.29, 0.717) is 13.0 Å². The lowest BCUT2D eigenvalue weighted by Crippen LogP contribution is -2.56. The number of rotatable bonds is 7. The number of aliphatic hydroxyl groups is 3. The third kappa shape index (κ3) is 5.56. The topological polar surface area (TPSA) is 73.2 Å². The summed E-state index contributed by atoms with van der Waals surface area (Å²) in [4.78, 5) is 2.06. The normalized spacial score (nSPS) is 15.5. The van der Waals surface area contributed by atoms with Crippen LogP contribution < -0.4 is 4.74 Å². The van der Waals surface area contributed by atoms with Crippen molar-refractivity contribution in [3.05, 3.63) is 54.1 Å². The minimum Gasteiger partial charge on any atom is -0.488 e. The minimum absolute atomic E-state index is 0.0863. The van der Waals surface area contributed by atoms with Crippen LogP contribution in [0.3, 0.4) is 0 Å².